The summed E-state index contributed by atoms with van der Waals surface area (Å²) in [7, 11) is 0. The van der Waals surface area contributed by atoms with Crippen molar-refractivity contribution in [2.75, 3.05) is 19.6 Å². The number of carbonyl (C=O) groups excluding carboxylic acids is 1. The first-order valence-electron chi connectivity index (χ1n) is 7.93. The molecular weight excluding hydrogens is 294 g/mol. The Labute approximate surface area is 129 Å². The molecule has 1 heterocycles. The van der Waals surface area contributed by atoms with Crippen molar-refractivity contribution in [3.8, 4) is 0 Å². The normalized spacial score (nSPS) is 31.6. The number of aliphatic carboxylic acids is 1. The number of likely N-dealkylation sites (tertiary alicyclic amines) is 1. The number of nitrogens with one attached hydrogen (secondary N) is 1. The van der Waals surface area contributed by atoms with E-state index in [4.69, 9.17) is 5.11 Å². The lowest BCUT2D eigenvalue weighted by Gasteiger charge is -2.36. The zero-order valence-electron chi connectivity index (χ0n) is 12.9. The lowest BCUT2D eigenvalue weighted by molar-refractivity contribution is -0.143. The highest BCUT2D eigenvalue weighted by Gasteiger charge is 2.41. The topological polar surface area (TPSA) is 69.6 Å². The average Bonchev–Trinajstić information content (AvgIpc) is 2.44. The Morgan fingerprint density at radius 2 is 2.05 bits per heavy atom. The van der Waals surface area contributed by atoms with Crippen LogP contribution in [0.3, 0.4) is 0 Å². The zero-order chi connectivity index (χ0) is 16.3. The van der Waals surface area contributed by atoms with E-state index < -0.39 is 29.8 Å². The van der Waals surface area contributed by atoms with E-state index in [2.05, 4.69) is 5.32 Å². The molecular formula is C15H24F2N2O3. The molecule has 2 amide bonds. The van der Waals surface area contributed by atoms with Crippen molar-refractivity contribution >= 4 is 12.0 Å². The third-order valence-electron chi connectivity index (χ3n) is 4.71. The second-order valence-electron chi connectivity index (χ2n) is 6.67. The van der Waals surface area contributed by atoms with Crippen molar-refractivity contribution in [3.05, 3.63) is 0 Å². The van der Waals surface area contributed by atoms with Gasteiger partial charge in [0.05, 0.1) is 5.92 Å². The summed E-state index contributed by atoms with van der Waals surface area (Å²) in [5, 5.41) is 11.7. The van der Waals surface area contributed by atoms with E-state index in [0.717, 1.165) is 6.42 Å². The molecule has 2 rings (SSSR count). The summed E-state index contributed by atoms with van der Waals surface area (Å²) in [6.07, 6.45) is 2.13. The van der Waals surface area contributed by atoms with Crippen LogP contribution in [0.4, 0.5) is 13.6 Å². The fourth-order valence-corrected chi connectivity index (χ4v) is 3.44. The molecule has 126 valence electrons. The second kappa shape index (κ2) is 6.79. The van der Waals surface area contributed by atoms with E-state index >= 15 is 0 Å². The largest absolute Gasteiger partial charge is 0.481 e. The van der Waals surface area contributed by atoms with Gasteiger partial charge in [0.15, 0.2) is 0 Å². The quantitative estimate of drug-likeness (QED) is 0.840. The molecule has 5 nitrogen and oxygen atoms in total. The molecule has 1 aliphatic heterocycles. The van der Waals surface area contributed by atoms with Crippen molar-refractivity contribution < 1.29 is 23.5 Å². The molecule has 0 aromatic carbocycles. The lowest BCUT2D eigenvalue weighted by atomic mass is 9.85. The van der Waals surface area contributed by atoms with Gasteiger partial charge in [-0.05, 0) is 25.2 Å². The maximum Gasteiger partial charge on any atom is 0.317 e. The number of carbonyl (C=O) groups is 2. The fourth-order valence-electron chi connectivity index (χ4n) is 3.44. The Balaban J connectivity index is 1.87. The smallest absolute Gasteiger partial charge is 0.317 e. The van der Waals surface area contributed by atoms with Gasteiger partial charge in [-0.15, -0.1) is 0 Å². The van der Waals surface area contributed by atoms with E-state index in [1.807, 2.05) is 6.92 Å². The minimum atomic E-state index is -2.72. The Bertz CT molecular complexity index is 431. The number of hydrogen-bond acceptors (Lipinski definition) is 2. The minimum absolute atomic E-state index is 0.0472. The van der Waals surface area contributed by atoms with Gasteiger partial charge in [-0.1, -0.05) is 13.3 Å². The molecule has 22 heavy (non-hydrogen) atoms. The molecule has 0 aromatic rings. The number of alkyl halides is 2. The summed E-state index contributed by atoms with van der Waals surface area (Å²) in [5.41, 5.74) is 0. The van der Waals surface area contributed by atoms with Crippen LogP contribution in [0, 0.1) is 17.8 Å². The van der Waals surface area contributed by atoms with Gasteiger partial charge in [0.2, 0.25) is 0 Å². The van der Waals surface area contributed by atoms with E-state index in [0.29, 0.717) is 25.8 Å². The Kier molecular flexibility index (Phi) is 5.24. The van der Waals surface area contributed by atoms with Gasteiger partial charge >= 0.3 is 12.0 Å². The molecule has 3 unspecified atom stereocenters. The van der Waals surface area contributed by atoms with Gasteiger partial charge in [-0.25, -0.2) is 13.6 Å². The highest BCUT2D eigenvalue weighted by atomic mass is 19.3. The predicted octanol–water partition coefficient (Wildman–Crippen LogP) is 2.56. The van der Waals surface area contributed by atoms with E-state index in [9.17, 15) is 18.4 Å². The highest BCUT2D eigenvalue weighted by Crippen LogP contribution is 2.37. The zero-order valence-corrected chi connectivity index (χ0v) is 12.9. The van der Waals surface area contributed by atoms with E-state index in [-0.39, 0.29) is 25.4 Å². The van der Waals surface area contributed by atoms with Crippen molar-refractivity contribution in [3.63, 3.8) is 0 Å². The van der Waals surface area contributed by atoms with Crippen LogP contribution in [0.25, 0.3) is 0 Å². The third kappa shape index (κ3) is 4.08. The van der Waals surface area contributed by atoms with Gasteiger partial charge in [-0.3, -0.25) is 4.79 Å². The summed E-state index contributed by atoms with van der Waals surface area (Å²) in [6, 6.07) is -0.431. The number of halogens is 2. The monoisotopic (exact) mass is 318 g/mol. The van der Waals surface area contributed by atoms with Crippen molar-refractivity contribution in [2.24, 2.45) is 17.8 Å². The molecule has 2 N–H and O–H groups in total. The number of rotatable bonds is 3. The van der Waals surface area contributed by atoms with Crippen molar-refractivity contribution in [2.45, 2.75) is 45.0 Å². The van der Waals surface area contributed by atoms with E-state index in [1.54, 1.807) is 0 Å². The molecule has 1 saturated carbocycles. The first kappa shape index (κ1) is 17.0. The first-order chi connectivity index (χ1) is 10.3. The molecule has 0 aromatic heterocycles. The Hall–Kier alpha value is -1.40. The number of urea groups is 1. The number of nitrogens with zero attached hydrogens (tertiary/aromatic N) is 1. The molecule has 1 aliphatic carbocycles. The van der Waals surface area contributed by atoms with Crippen LogP contribution in [0.5, 0.6) is 0 Å². The molecule has 0 radical (unpaired) electrons. The SMILES string of the molecule is CC1CC(C(=O)O)CN(C(=O)NCC2CCCCC2(F)F)C1. The fraction of sp³-hybridized carbons (Fsp3) is 0.867. The van der Waals surface area contributed by atoms with Crippen LogP contribution in [-0.4, -0.2) is 47.6 Å². The molecule has 1 saturated heterocycles. The molecule has 7 heteroatoms. The Morgan fingerprint density at radius 1 is 1.32 bits per heavy atom. The maximum atomic E-state index is 13.7. The molecule has 0 bridgehead atoms. The van der Waals surface area contributed by atoms with Crippen LogP contribution in [0.1, 0.15) is 39.0 Å². The number of piperidine rings is 1. The molecule has 2 aliphatic rings. The molecule has 0 spiro atoms. The Morgan fingerprint density at radius 3 is 2.68 bits per heavy atom. The standard InChI is InChI=1S/C15H24F2N2O3/c1-10-6-11(13(20)21)9-19(8-10)14(22)18-7-12-4-2-3-5-15(12,16)17/h10-12H,2-9H2,1H3,(H,18,22)(H,20,21). The van der Waals surface area contributed by atoms with Gasteiger partial charge < -0.3 is 15.3 Å². The highest BCUT2D eigenvalue weighted by molar-refractivity contribution is 5.76. The van der Waals surface area contributed by atoms with Crippen molar-refractivity contribution in [1.29, 1.82) is 0 Å². The predicted molar refractivity (Wildman–Crippen MR) is 76.8 cm³/mol. The van der Waals surface area contributed by atoms with Crippen LogP contribution in [0.15, 0.2) is 0 Å². The lowest BCUT2D eigenvalue weighted by Crippen LogP contribution is -2.51. The van der Waals surface area contributed by atoms with Gasteiger partial charge in [0.25, 0.3) is 5.92 Å². The summed E-state index contributed by atoms with van der Waals surface area (Å²) in [6.45, 7) is 2.46. The number of carboxylic acid groups (broad SMARTS) is 1. The number of amides is 2. The van der Waals surface area contributed by atoms with Crippen molar-refractivity contribution in [1.82, 2.24) is 10.2 Å². The summed E-state index contributed by atoms with van der Waals surface area (Å²) < 4.78 is 27.5. The van der Waals surface area contributed by atoms with E-state index in [1.165, 1.54) is 4.90 Å². The van der Waals surface area contributed by atoms with Crippen LogP contribution in [-0.2, 0) is 4.79 Å². The average molecular weight is 318 g/mol. The summed E-state index contributed by atoms with van der Waals surface area (Å²) >= 11 is 0. The maximum absolute atomic E-state index is 13.7. The number of carboxylic acids is 1. The summed E-state index contributed by atoms with van der Waals surface area (Å²) in [4.78, 5) is 24.7. The first-order valence-corrected chi connectivity index (χ1v) is 7.93. The van der Waals surface area contributed by atoms with Gasteiger partial charge in [0.1, 0.15) is 0 Å². The number of hydrogen-bond donors (Lipinski definition) is 2. The van der Waals surface area contributed by atoms with Crippen LogP contribution in [0.2, 0.25) is 0 Å². The van der Waals surface area contributed by atoms with Gasteiger partial charge in [0, 0.05) is 32.0 Å². The van der Waals surface area contributed by atoms with Crippen LogP contribution >= 0.6 is 0 Å². The third-order valence-corrected chi connectivity index (χ3v) is 4.71. The van der Waals surface area contributed by atoms with Gasteiger partial charge in [-0.2, -0.15) is 0 Å². The molecule has 2 fully saturated rings. The second-order valence-corrected chi connectivity index (χ2v) is 6.67. The minimum Gasteiger partial charge on any atom is -0.481 e. The molecule has 3 atom stereocenters. The van der Waals surface area contributed by atoms with Crippen LogP contribution < -0.4 is 5.32 Å². The summed E-state index contributed by atoms with van der Waals surface area (Å²) in [5.74, 6) is -4.93.